The van der Waals surface area contributed by atoms with Crippen LogP contribution in [0, 0.1) is 5.92 Å². The van der Waals surface area contributed by atoms with Crippen molar-refractivity contribution in [1.82, 2.24) is 14.7 Å². The first kappa shape index (κ1) is 18.0. The number of hydrogen-bond acceptors (Lipinski definition) is 4. The zero-order chi connectivity index (χ0) is 18.1. The number of fused-ring (bicyclic) bond motifs is 1. The van der Waals surface area contributed by atoms with Gasteiger partial charge in [-0.3, -0.25) is 9.48 Å². The minimum Gasteiger partial charge on any atom is -0.378 e. The molecule has 0 radical (unpaired) electrons. The van der Waals surface area contributed by atoms with Gasteiger partial charge >= 0.3 is 0 Å². The van der Waals surface area contributed by atoms with Gasteiger partial charge in [0, 0.05) is 45.6 Å². The van der Waals surface area contributed by atoms with E-state index in [-0.39, 0.29) is 23.7 Å². The monoisotopic (exact) mass is 361 g/mol. The van der Waals surface area contributed by atoms with Gasteiger partial charge in [0.25, 0.3) is 0 Å². The second-order valence-corrected chi connectivity index (χ2v) is 8.24. The van der Waals surface area contributed by atoms with Crippen molar-refractivity contribution in [2.45, 2.75) is 69.1 Å². The van der Waals surface area contributed by atoms with Crippen molar-refractivity contribution < 1.29 is 14.3 Å². The highest BCUT2D eigenvalue weighted by Crippen LogP contribution is 2.44. The van der Waals surface area contributed by atoms with E-state index in [0.717, 1.165) is 56.9 Å². The highest BCUT2D eigenvalue weighted by atomic mass is 16.5. The molecule has 0 bridgehead atoms. The summed E-state index contributed by atoms with van der Waals surface area (Å²) in [5.74, 6) is 1.02. The summed E-state index contributed by atoms with van der Waals surface area (Å²) in [4.78, 5) is 15.0. The zero-order valence-electron chi connectivity index (χ0n) is 16.0. The van der Waals surface area contributed by atoms with Gasteiger partial charge in [-0.2, -0.15) is 5.10 Å². The zero-order valence-corrected chi connectivity index (χ0v) is 16.0. The second kappa shape index (κ2) is 7.31. The molecule has 0 aromatic carbocycles. The minimum atomic E-state index is -0.165. The first-order chi connectivity index (χ1) is 12.6. The Labute approximate surface area is 155 Å². The predicted molar refractivity (Wildman–Crippen MR) is 97.7 cm³/mol. The summed E-state index contributed by atoms with van der Waals surface area (Å²) in [7, 11) is 3.73. The van der Waals surface area contributed by atoms with E-state index < -0.39 is 0 Å². The number of aromatic nitrogens is 2. The van der Waals surface area contributed by atoms with Crippen molar-refractivity contribution in [3.63, 3.8) is 0 Å². The Balaban J connectivity index is 1.38. The van der Waals surface area contributed by atoms with E-state index in [2.05, 4.69) is 10.00 Å². The summed E-state index contributed by atoms with van der Waals surface area (Å²) in [6.45, 7) is 1.70. The highest BCUT2D eigenvalue weighted by Gasteiger charge is 2.52. The van der Waals surface area contributed by atoms with Crippen molar-refractivity contribution >= 4 is 5.91 Å². The molecule has 1 aromatic rings. The van der Waals surface area contributed by atoms with Gasteiger partial charge in [0.2, 0.25) is 5.91 Å². The topological polar surface area (TPSA) is 56.6 Å². The normalized spacial score (nSPS) is 31.2. The molecule has 26 heavy (non-hydrogen) atoms. The van der Waals surface area contributed by atoms with Gasteiger partial charge in [-0.05, 0) is 56.9 Å². The molecule has 1 aromatic heterocycles. The molecule has 2 aliphatic carbocycles. The van der Waals surface area contributed by atoms with Crippen LogP contribution in [0.2, 0.25) is 0 Å². The number of likely N-dealkylation sites (tertiary alicyclic amines) is 1. The van der Waals surface area contributed by atoms with E-state index >= 15 is 0 Å². The summed E-state index contributed by atoms with van der Waals surface area (Å²) >= 11 is 0. The molecule has 6 nitrogen and oxygen atoms in total. The Bertz CT molecular complexity index is 642. The molecule has 3 fully saturated rings. The Morgan fingerprint density at radius 2 is 2.19 bits per heavy atom. The number of amides is 1. The lowest BCUT2D eigenvalue weighted by Gasteiger charge is -2.43. The van der Waals surface area contributed by atoms with Crippen LogP contribution in [-0.2, 0) is 27.7 Å². The van der Waals surface area contributed by atoms with E-state index in [1.807, 2.05) is 24.9 Å². The molecular formula is C20H31N3O3. The van der Waals surface area contributed by atoms with E-state index in [1.54, 1.807) is 6.20 Å². The van der Waals surface area contributed by atoms with Gasteiger partial charge in [-0.25, -0.2) is 0 Å². The van der Waals surface area contributed by atoms with Gasteiger partial charge in [0.1, 0.15) is 0 Å². The van der Waals surface area contributed by atoms with Gasteiger partial charge in [0.15, 0.2) is 0 Å². The Morgan fingerprint density at radius 1 is 1.35 bits per heavy atom. The number of methoxy groups -OCH3 is 1. The van der Waals surface area contributed by atoms with E-state index in [1.165, 1.54) is 12.8 Å². The standard InChI is InChI=1S/C20H31N3O3/c1-22-16(8-11-21-22)5-6-19(24)23-12-10-20(25-2)9-7-17(13-18(20)23)26-14-15-3-4-15/h8,11,15,17-18H,3-7,9-10,12-14H2,1-2H3/t17-,18+,20-/m1/s1. The second-order valence-electron chi connectivity index (χ2n) is 8.24. The number of carbonyl (C=O) groups excluding carboxylic acids is 1. The van der Waals surface area contributed by atoms with Crippen molar-refractivity contribution in [2.24, 2.45) is 13.0 Å². The van der Waals surface area contributed by atoms with E-state index in [9.17, 15) is 4.79 Å². The van der Waals surface area contributed by atoms with Crippen molar-refractivity contribution in [1.29, 1.82) is 0 Å². The maximum Gasteiger partial charge on any atom is 0.223 e. The molecule has 144 valence electrons. The van der Waals surface area contributed by atoms with E-state index in [4.69, 9.17) is 9.47 Å². The van der Waals surface area contributed by atoms with Crippen LogP contribution in [0.25, 0.3) is 0 Å². The number of ether oxygens (including phenoxy) is 2. The summed E-state index contributed by atoms with van der Waals surface area (Å²) in [5, 5.41) is 4.19. The van der Waals surface area contributed by atoms with Gasteiger partial charge < -0.3 is 14.4 Å². The molecule has 3 aliphatic rings. The molecule has 2 saturated carbocycles. The van der Waals surface area contributed by atoms with Crippen molar-refractivity contribution in [3.8, 4) is 0 Å². The predicted octanol–water partition coefficient (Wildman–Crippen LogP) is 2.32. The summed E-state index contributed by atoms with van der Waals surface area (Å²) in [6.07, 6.45) is 9.86. The highest BCUT2D eigenvalue weighted by molar-refractivity contribution is 5.77. The van der Waals surface area contributed by atoms with Crippen LogP contribution >= 0.6 is 0 Å². The fourth-order valence-corrected chi connectivity index (χ4v) is 4.69. The largest absolute Gasteiger partial charge is 0.378 e. The minimum absolute atomic E-state index is 0.157. The van der Waals surface area contributed by atoms with Gasteiger partial charge in [-0.1, -0.05) is 0 Å². The van der Waals surface area contributed by atoms with Crippen LogP contribution in [-0.4, -0.2) is 58.6 Å². The van der Waals surface area contributed by atoms with Crippen molar-refractivity contribution in [3.05, 3.63) is 18.0 Å². The molecule has 1 saturated heterocycles. The van der Waals surface area contributed by atoms with Crippen LogP contribution < -0.4 is 0 Å². The lowest BCUT2D eigenvalue weighted by atomic mass is 9.79. The molecule has 2 heterocycles. The maximum atomic E-state index is 12.9. The molecule has 3 atom stereocenters. The molecule has 6 heteroatoms. The Morgan fingerprint density at radius 3 is 2.88 bits per heavy atom. The van der Waals surface area contributed by atoms with Crippen LogP contribution in [0.4, 0.5) is 0 Å². The van der Waals surface area contributed by atoms with Gasteiger partial charge in [0.05, 0.1) is 17.7 Å². The fraction of sp³-hybridized carbons (Fsp3) is 0.800. The number of aryl methyl sites for hydroxylation is 2. The molecule has 0 spiro atoms. The average Bonchev–Trinajstić information content (AvgIpc) is 3.28. The number of rotatable bonds is 7. The van der Waals surface area contributed by atoms with Crippen LogP contribution in [0.15, 0.2) is 12.3 Å². The van der Waals surface area contributed by atoms with Crippen LogP contribution in [0.3, 0.4) is 0 Å². The Hall–Kier alpha value is -1.40. The number of carbonyl (C=O) groups is 1. The fourth-order valence-electron chi connectivity index (χ4n) is 4.69. The molecule has 1 amide bonds. The first-order valence-corrected chi connectivity index (χ1v) is 10.0. The first-order valence-electron chi connectivity index (χ1n) is 10.0. The number of nitrogens with zero attached hydrogens (tertiary/aromatic N) is 3. The Kier molecular flexibility index (Phi) is 5.06. The maximum absolute atomic E-state index is 12.9. The average molecular weight is 361 g/mol. The molecule has 0 N–H and O–H groups in total. The smallest absolute Gasteiger partial charge is 0.223 e. The summed E-state index contributed by atoms with van der Waals surface area (Å²) in [6, 6.07) is 2.14. The number of hydrogen-bond donors (Lipinski definition) is 0. The lowest BCUT2D eigenvalue weighted by Crippen LogP contribution is -2.53. The molecular weight excluding hydrogens is 330 g/mol. The lowest BCUT2D eigenvalue weighted by molar-refractivity contribution is -0.141. The third kappa shape index (κ3) is 3.54. The molecule has 0 unspecified atom stereocenters. The van der Waals surface area contributed by atoms with Crippen LogP contribution in [0.5, 0.6) is 0 Å². The van der Waals surface area contributed by atoms with Gasteiger partial charge in [-0.15, -0.1) is 0 Å². The van der Waals surface area contributed by atoms with Crippen molar-refractivity contribution in [2.75, 3.05) is 20.3 Å². The summed E-state index contributed by atoms with van der Waals surface area (Å²) in [5.41, 5.74) is 0.937. The SMILES string of the molecule is CO[C@@]12CC[C@@H](OCC3CC3)C[C@@H]1N(C(=O)CCc1ccnn1C)CC2. The molecule has 4 rings (SSSR count). The molecule has 1 aliphatic heterocycles. The quantitative estimate of drug-likeness (QED) is 0.748. The summed E-state index contributed by atoms with van der Waals surface area (Å²) < 4.78 is 14.0. The third-order valence-electron chi connectivity index (χ3n) is 6.64. The van der Waals surface area contributed by atoms with Crippen LogP contribution in [0.1, 0.15) is 50.6 Å². The van der Waals surface area contributed by atoms with E-state index in [0.29, 0.717) is 6.42 Å². The third-order valence-corrected chi connectivity index (χ3v) is 6.64.